The number of hydrogen-bond donors (Lipinski definition) is 3. The number of nitrogens with two attached hydrogens (primary N) is 1. The maximum Gasteiger partial charge on any atom is 0.165 e. The Morgan fingerprint density at radius 1 is 1.04 bits per heavy atom. The summed E-state index contributed by atoms with van der Waals surface area (Å²) >= 11 is 0. The van der Waals surface area contributed by atoms with Crippen molar-refractivity contribution in [3.8, 4) is 17.1 Å². The van der Waals surface area contributed by atoms with E-state index in [0.717, 1.165) is 23.1 Å². The van der Waals surface area contributed by atoms with Crippen LogP contribution in [0.2, 0.25) is 0 Å². The van der Waals surface area contributed by atoms with Gasteiger partial charge in [0, 0.05) is 18.0 Å². The van der Waals surface area contributed by atoms with Crippen LogP contribution in [0.5, 0.6) is 5.75 Å². The molecule has 0 aliphatic carbocycles. The van der Waals surface area contributed by atoms with Gasteiger partial charge in [-0.1, -0.05) is 38.1 Å². The van der Waals surface area contributed by atoms with Gasteiger partial charge in [-0.25, -0.2) is 9.97 Å². The average Bonchev–Trinajstić information content (AvgIpc) is 2.59. The van der Waals surface area contributed by atoms with Crippen molar-refractivity contribution in [3.63, 3.8) is 0 Å². The van der Waals surface area contributed by atoms with Crippen LogP contribution in [0.15, 0.2) is 48.5 Å². The molecule has 1 heterocycles. The normalized spacial score (nSPS) is 12.5. The number of hydrogen-bond acceptors (Lipinski definition) is 5. The highest BCUT2D eigenvalue weighted by atomic mass is 16.3. The fourth-order valence-corrected chi connectivity index (χ4v) is 2.91. The first-order valence-electron chi connectivity index (χ1n) is 8.59. The van der Waals surface area contributed by atoms with Crippen LogP contribution in [-0.4, -0.2) is 27.7 Å². The van der Waals surface area contributed by atoms with E-state index >= 15 is 0 Å². The Morgan fingerprint density at radius 2 is 1.76 bits per heavy atom. The average molecular weight is 336 g/mol. The van der Waals surface area contributed by atoms with Crippen LogP contribution in [0.25, 0.3) is 22.3 Å². The molecule has 1 atom stereocenters. The molecule has 0 fully saturated rings. The van der Waals surface area contributed by atoms with Crippen LogP contribution >= 0.6 is 0 Å². The molecule has 3 rings (SSSR count). The Bertz CT molecular complexity index is 863. The molecule has 25 heavy (non-hydrogen) atoms. The number of nitrogens with zero attached hydrogens (tertiary/aromatic N) is 2. The summed E-state index contributed by atoms with van der Waals surface area (Å²) in [7, 11) is 0. The van der Waals surface area contributed by atoms with E-state index in [4.69, 9.17) is 5.73 Å². The summed E-state index contributed by atoms with van der Waals surface area (Å²) in [5.74, 6) is 1.95. The number of rotatable bonds is 6. The Labute approximate surface area is 147 Å². The lowest BCUT2D eigenvalue weighted by molar-refractivity contribution is 0.477. The molecule has 0 spiro atoms. The standard InChI is InChI=1S/C20H24N4O/c1-13(2)11-14(21)12-22-19-15-7-3-5-9-17(15)23-20(24-19)16-8-4-6-10-18(16)25/h3-10,13-14,25H,11-12,21H2,1-2H3,(H,22,23,24)/t14-/m1/s1. The quantitative estimate of drug-likeness (QED) is 0.638. The first-order chi connectivity index (χ1) is 12.0. The molecule has 0 bridgehead atoms. The molecule has 0 unspecified atom stereocenters. The topological polar surface area (TPSA) is 84.1 Å². The second-order valence-corrected chi connectivity index (χ2v) is 6.70. The molecule has 4 N–H and O–H groups in total. The van der Waals surface area contributed by atoms with E-state index in [-0.39, 0.29) is 11.8 Å². The van der Waals surface area contributed by atoms with Crippen molar-refractivity contribution in [1.29, 1.82) is 0 Å². The number of benzene rings is 2. The fourth-order valence-electron chi connectivity index (χ4n) is 2.91. The molecule has 0 amide bonds. The Balaban J connectivity index is 1.97. The zero-order valence-electron chi connectivity index (χ0n) is 14.6. The van der Waals surface area contributed by atoms with Crippen LogP contribution in [-0.2, 0) is 0 Å². The predicted molar refractivity (Wildman–Crippen MR) is 103 cm³/mol. The fraction of sp³-hybridized carbons (Fsp3) is 0.300. The molecular weight excluding hydrogens is 312 g/mol. The van der Waals surface area contributed by atoms with Crippen molar-refractivity contribution < 1.29 is 5.11 Å². The number of phenolic OH excluding ortho intramolecular Hbond substituents is 1. The molecule has 0 aliphatic heterocycles. The molecule has 130 valence electrons. The van der Waals surface area contributed by atoms with E-state index < -0.39 is 0 Å². The SMILES string of the molecule is CC(C)C[C@@H](N)CNc1nc(-c2ccccc2O)nc2ccccc12. The van der Waals surface area contributed by atoms with E-state index in [1.165, 1.54) is 0 Å². The molecule has 0 saturated carbocycles. The maximum absolute atomic E-state index is 10.1. The second kappa shape index (κ2) is 7.49. The van der Waals surface area contributed by atoms with Crippen LogP contribution in [0.4, 0.5) is 5.82 Å². The molecule has 3 aromatic rings. The van der Waals surface area contributed by atoms with Gasteiger partial charge in [-0.2, -0.15) is 0 Å². The summed E-state index contributed by atoms with van der Waals surface area (Å²) in [5.41, 5.74) is 7.64. The van der Waals surface area contributed by atoms with Crippen LogP contribution in [0.3, 0.4) is 0 Å². The summed E-state index contributed by atoms with van der Waals surface area (Å²) in [4.78, 5) is 9.25. The van der Waals surface area contributed by atoms with Gasteiger partial charge in [0.1, 0.15) is 11.6 Å². The van der Waals surface area contributed by atoms with Gasteiger partial charge in [-0.3, -0.25) is 0 Å². The number of aromatic hydroxyl groups is 1. The first kappa shape index (κ1) is 17.2. The van der Waals surface area contributed by atoms with Crippen LogP contribution in [0, 0.1) is 5.92 Å². The first-order valence-corrected chi connectivity index (χ1v) is 8.59. The van der Waals surface area contributed by atoms with Crippen molar-refractivity contribution in [3.05, 3.63) is 48.5 Å². The smallest absolute Gasteiger partial charge is 0.165 e. The van der Waals surface area contributed by atoms with Crippen molar-refractivity contribution >= 4 is 16.7 Å². The molecule has 2 aromatic carbocycles. The Morgan fingerprint density at radius 3 is 2.52 bits per heavy atom. The lowest BCUT2D eigenvalue weighted by Crippen LogP contribution is -2.30. The molecule has 5 heteroatoms. The maximum atomic E-state index is 10.1. The van der Waals surface area contributed by atoms with E-state index in [0.29, 0.717) is 23.9 Å². The predicted octanol–water partition coefficient (Wildman–Crippen LogP) is 3.79. The van der Waals surface area contributed by atoms with Crippen LogP contribution < -0.4 is 11.1 Å². The number of aromatic nitrogens is 2. The molecular formula is C20H24N4O. The minimum Gasteiger partial charge on any atom is -0.507 e. The van der Waals surface area contributed by atoms with Gasteiger partial charge in [0.15, 0.2) is 5.82 Å². The summed E-state index contributed by atoms with van der Waals surface area (Å²) in [6.45, 7) is 4.96. The van der Waals surface area contributed by atoms with Gasteiger partial charge < -0.3 is 16.2 Å². The third-order valence-electron chi connectivity index (χ3n) is 4.05. The van der Waals surface area contributed by atoms with Crippen LogP contribution in [0.1, 0.15) is 20.3 Å². The Hall–Kier alpha value is -2.66. The van der Waals surface area contributed by atoms with Gasteiger partial charge in [0.25, 0.3) is 0 Å². The van der Waals surface area contributed by atoms with E-state index in [2.05, 4.69) is 29.1 Å². The van der Waals surface area contributed by atoms with Gasteiger partial charge in [0.2, 0.25) is 0 Å². The summed E-state index contributed by atoms with van der Waals surface area (Å²) in [6.07, 6.45) is 0.947. The third kappa shape index (κ3) is 4.06. The summed E-state index contributed by atoms with van der Waals surface area (Å²) in [5, 5.41) is 14.4. The lowest BCUT2D eigenvalue weighted by Gasteiger charge is -2.17. The van der Waals surface area contributed by atoms with Crippen molar-refractivity contribution in [2.45, 2.75) is 26.3 Å². The number of anilines is 1. The minimum absolute atomic E-state index is 0.0577. The van der Waals surface area contributed by atoms with Gasteiger partial charge >= 0.3 is 0 Å². The second-order valence-electron chi connectivity index (χ2n) is 6.70. The molecule has 5 nitrogen and oxygen atoms in total. The van der Waals surface area contributed by atoms with Gasteiger partial charge in [-0.05, 0) is 36.6 Å². The number of nitrogens with one attached hydrogen (secondary N) is 1. The molecule has 0 saturated heterocycles. The lowest BCUT2D eigenvalue weighted by atomic mass is 10.0. The van der Waals surface area contributed by atoms with E-state index in [1.807, 2.05) is 36.4 Å². The summed E-state index contributed by atoms with van der Waals surface area (Å²) < 4.78 is 0. The van der Waals surface area contributed by atoms with Crippen molar-refractivity contribution in [2.24, 2.45) is 11.7 Å². The zero-order valence-corrected chi connectivity index (χ0v) is 14.6. The van der Waals surface area contributed by atoms with Gasteiger partial charge in [0.05, 0.1) is 11.1 Å². The Kier molecular flexibility index (Phi) is 5.14. The summed E-state index contributed by atoms with van der Waals surface area (Å²) in [6, 6.07) is 15.0. The number of para-hydroxylation sites is 2. The highest BCUT2D eigenvalue weighted by molar-refractivity contribution is 5.90. The largest absolute Gasteiger partial charge is 0.507 e. The highest BCUT2D eigenvalue weighted by Crippen LogP contribution is 2.29. The zero-order chi connectivity index (χ0) is 17.8. The van der Waals surface area contributed by atoms with Crippen molar-refractivity contribution in [1.82, 2.24) is 9.97 Å². The third-order valence-corrected chi connectivity index (χ3v) is 4.05. The number of fused-ring (bicyclic) bond motifs is 1. The highest BCUT2D eigenvalue weighted by Gasteiger charge is 2.13. The molecule has 0 aliphatic rings. The van der Waals surface area contributed by atoms with Gasteiger partial charge in [-0.15, -0.1) is 0 Å². The van der Waals surface area contributed by atoms with E-state index in [1.54, 1.807) is 12.1 Å². The van der Waals surface area contributed by atoms with Crippen molar-refractivity contribution in [2.75, 3.05) is 11.9 Å². The number of phenols is 1. The van der Waals surface area contributed by atoms with E-state index in [9.17, 15) is 5.11 Å². The molecule has 0 radical (unpaired) electrons. The monoisotopic (exact) mass is 336 g/mol. The molecule has 1 aromatic heterocycles. The minimum atomic E-state index is 0.0577.